The van der Waals surface area contributed by atoms with Crippen molar-refractivity contribution in [1.29, 1.82) is 0 Å². The summed E-state index contributed by atoms with van der Waals surface area (Å²) < 4.78 is 4.71. The van der Waals surface area contributed by atoms with E-state index in [9.17, 15) is 9.59 Å². The second-order valence-corrected chi connectivity index (χ2v) is 2.47. The molecule has 0 bridgehead atoms. The van der Waals surface area contributed by atoms with E-state index in [1.165, 1.54) is 0 Å². The Morgan fingerprint density at radius 3 is 2.09 bits per heavy atom. The van der Waals surface area contributed by atoms with Crippen LogP contribution in [0, 0.1) is 0 Å². The Balaban J connectivity index is 2.61. The fourth-order valence-corrected chi connectivity index (χ4v) is 0.976. The first-order valence-corrected chi connectivity index (χ1v) is 3.16. The van der Waals surface area contributed by atoms with Crippen molar-refractivity contribution in [1.82, 2.24) is 0 Å². The lowest BCUT2D eigenvalue weighted by Gasteiger charge is -2.36. The van der Waals surface area contributed by atoms with Crippen LogP contribution in [0.1, 0.15) is 12.8 Å². The van der Waals surface area contributed by atoms with Gasteiger partial charge in [-0.1, -0.05) is 0 Å². The third kappa shape index (κ3) is 1.32. The van der Waals surface area contributed by atoms with Crippen LogP contribution < -0.4 is 0 Å². The van der Waals surface area contributed by atoms with Crippen LogP contribution in [-0.4, -0.2) is 34.4 Å². The molecule has 0 aromatic rings. The smallest absolute Gasteiger partial charge is 0.336 e. The molecule has 0 aromatic heterocycles. The van der Waals surface area contributed by atoms with Gasteiger partial charge in [0.2, 0.25) is 0 Å². The van der Waals surface area contributed by atoms with Crippen LogP contribution in [0.4, 0.5) is 0 Å². The zero-order valence-electron chi connectivity index (χ0n) is 5.74. The Morgan fingerprint density at radius 1 is 1.45 bits per heavy atom. The second-order valence-electron chi connectivity index (χ2n) is 2.47. The third-order valence-corrected chi connectivity index (χ3v) is 1.71. The molecule has 11 heavy (non-hydrogen) atoms. The van der Waals surface area contributed by atoms with Gasteiger partial charge in [0.1, 0.15) is 0 Å². The van der Waals surface area contributed by atoms with Gasteiger partial charge in [0.15, 0.2) is 5.60 Å². The number of carboxylic acid groups (broad SMARTS) is 2. The van der Waals surface area contributed by atoms with Gasteiger partial charge in [-0.3, -0.25) is 4.79 Å². The van der Waals surface area contributed by atoms with Gasteiger partial charge in [-0.2, -0.15) is 0 Å². The molecule has 62 valence electrons. The summed E-state index contributed by atoms with van der Waals surface area (Å²) in [7, 11) is 0. The monoisotopic (exact) mass is 160 g/mol. The molecule has 0 radical (unpaired) electrons. The van der Waals surface area contributed by atoms with Gasteiger partial charge in [0.25, 0.3) is 0 Å². The van der Waals surface area contributed by atoms with E-state index in [2.05, 4.69) is 0 Å². The van der Waals surface area contributed by atoms with Gasteiger partial charge in [-0.05, 0) is 0 Å². The SMILES string of the molecule is O=C(O)CC1(C(=O)O)CCO1. The van der Waals surface area contributed by atoms with Crippen LogP contribution in [0.15, 0.2) is 0 Å². The molecule has 1 atom stereocenters. The van der Waals surface area contributed by atoms with Crippen LogP contribution in [0.25, 0.3) is 0 Å². The highest BCUT2D eigenvalue weighted by Gasteiger charge is 2.47. The number of aliphatic carboxylic acids is 2. The van der Waals surface area contributed by atoms with E-state index in [0.717, 1.165) is 0 Å². The molecule has 1 saturated heterocycles. The van der Waals surface area contributed by atoms with E-state index >= 15 is 0 Å². The molecule has 1 heterocycles. The molecule has 0 spiro atoms. The van der Waals surface area contributed by atoms with Crippen LogP contribution in [0.5, 0.6) is 0 Å². The molecule has 5 nitrogen and oxygen atoms in total. The lowest BCUT2D eigenvalue weighted by Crippen LogP contribution is -2.52. The summed E-state index contributed by atoms with van der Waals surface area (Å²) in [6.45, 7) is 0.333. The summed E-state index contributed by atoms with van der Waals surface area (Å²) in [6, 6.07) is 0. The molecule has 0 amide bonds. The molecule has 0 aliphatic carbocycles. The van der Waals surface area contributed by atoms with Crippen LogP contribution in [-0.2, 0) is 14.3 Å². The second kappa shape index (κ2) is 2.50. The van der Waals surface area contributed by atoms with Gasteiger partial charge >= 0.3 is 11.9 Å². The van der Waals surface area contributed by atoms with E-state index in [1.54, 1.807) is 0 Å². The largest absolute Gasteiger partial charge is 0.481 e. The van der Waals surface area contributed by atoms with Crippen molar-refractivity contribution in [2.24, 2.45) is 0 Å². The molecule has 1 aliphatic heterocycles. The minimum Gasteiger partial charge on any atom is -0.481 e. The summed E-state index contributed by atoms with van der Waals surface area (Å²) in [5, 5.41) is 16.9. The minimum absolute atomic E-state index is 0.286. The molecule has 1 fully saturated rings. The fraction of sp³-hybridized carbons (Fsp3) is 0.667. The highest BCUT2D eigenvalue weighted by molar-refractivity contribution is 5.84. The van der Waals surface area contributed by atoms with Crippen LogP contribution in [0.3, 0.4) is 0 Å². The first kappa shape index (κ1) is 8.00. The van der Waals surface area contributed by atoms with Crippen molar-refractivity contribution in [3.63, 3.8) is 0 Å². The number of carbonyl (C=O) groups is 2. The summed E-state index contributed by atoms with van der Waals surface area (Å²) in [6.07, 6.45) is -0.170. The molecule has 1 unspecified atom stereocenters. The molecular weight excluding hydrogens is 152 g/mol. The Morgan fingerprint density at radius 2 is 2.00 bits per heavy atom. The minimum atomic E-state index is -1.44. The highest BCUT2D eigenvalue weighted by Crippen LogP contribution is 2.30. The van der Waals surface area contributed by atoms with E-state index < -0.39 is 24.0 Å². The Bertz CT molecular complexity index is 193. The van der Waals surface area contributed by atoms with Crippen LogP contribution in [0.2, 0.25) is 0 Å². The van der Waals surface area contributed by atoms with Crippen molar-refractivity contribution < 1.29 is 24.5 Å². The predicted molar refractivity (Wildman–Crippen MR) is 33.2 cm³/mol. The third-order valence-electron chi connectivity index (χ3n) is 1.71. The molecular formula is C6H8O5. The standard InChI is InChI=1S/C6H8O5/c7-4(8)3-6(5(9)10)1-2-11-6/h1-3H2,(H,7,8)(H,9,10). The lowest BCUT2D eigenvalue weighted by molar-refractivity contribution is -0.199. The van der Waals surface area contributed by atoms with Crippen molar-refractivity contribution in [3.05, 3.63) is 0 Å². The topological polar surface area (TPSA) is 83.8 Å². The Kier molecular flexibility index (Phi) is 1.82. The maximum absolute atomic E-state index is 10.5. The van der Waals surface area contributed by atoms with Gasteiger partial charge in [0, 0.05) is 6.42 Å². The number of hydrogen-bond acceptors (Lipinski definition) is 3. The number of rotatable bonds is 3. The molecule has 2 N–H and O–H groups in total. The van der Waals surface area contributed by atoms with E-state index in [4.69, 9.17) is 14.9 Å². The van der Waals surface area contributed by atoms with Crippen molar-refractivity contribution in [3.8, 4) is 0 Å². The highest BCUT2D eigenvalue weighted by atomic mass is 16.5. The molecule has 5 heteroatoms. The molecule has 0 aromatic carbocycles. The summed E-state index contributed by atoms with van der Waals surface area (Å²) in [4.78, 5) is 20.6. The zero-order chi connectivity index (χ0) is 8.48. The average molecular weight is 160 g/mol. The van der Waals surface area contributed by atoms with Gasteiger partial charge in [-0.25, -0.2) is 4.79 Å². The molecule has 1 rings (SSSR count). The number of carboxylic acids is 2. The van der Waals surface area contributed by atoms with Crippen molar-refractivity contribution >= 4 is 11.9 Å². The lowest BCUT2D eigenvalue weighted by atomic mass is 9.91. The normalized spacial score (nSPS) is 29.1. The number of hydrogen-bond donors (Lipinski definition) is 2. The zero-order valence-corrected chi connectivity index (χ0v) is 5.74. The number of ether oxygens (including phenoxy) is 1. The fourth-order valence-electron chi connectivity index (χ4n) is 0.976. The summed E-state index contributed by atoms with van der Waals surface area (Å²) in [5.74, 6) is -2.33. The van der Waals surface area contributed by atoms with Gasteiger partial charge < -0.3 is 14.9 Å². The van der Waals surface area contributed by atoms with Crippen molar-refractivity contribution in [2.75, 3.05) is 6.61 Å². The Labute approximate surface area is 62.6 Å². The first-order chi connectivity index (χ1) is 5.07. The maximum atomic E-state index is 10.5. The summed E-state index contributed by atoms with van der Waals surface area (Å²) >= 11 is 0. The van der Waals surface area contributed by atoms with Crippen molar-refractivity contribution in [2.45, 2.75) is 18.4 Å². The van der Waals surface area contributed by atoms with E-state index in [-0.39, 0.29) is 6.42 Å². The van der Waals surface area contributed by atoms with E-state index in [1.807, 2.05) is 0 Å². The molecule has 1 aliphatic rings. The maximum Gasteiger partial charge on any atom is 0.336 e. The van der Waals surface area contributed by atoms with Gasteiger partial charge in [0.05, 0.1) is 13.0 Å². The van der Waals surface area contributed by atoms with E-state index in [0.29, 0.717) is 6.61 Å². The average Bonchev–Trinajstić information content (AvgIpc) is 1.77. The van der Waals surface area contributed by atoms with Gasteiger partial charge in [-0.15, -0.1) is 0 Å². The Hall–Kier alpha value is -1.10. The summed E-state index contributed by atoms with van der Waals surface area (Å²) in [5.41, 5.74) is -1.44. The van der Waals surface area contributed by atoms with Crippen LogP contribution >= 0.6 is 0 Å². The quantitative estimate of drug-likeness (QED) is 0.592. The first-order valence-electron chi connectivity index (χ1n) is 3.16. The molecule has 0 saturated carbocycles. The predicted octanol–water partition coefficient (Wildman–Crippen LogP) is -0.295.